The van der Waals surface area contributed by atoms with Crippen molar-refractivity contribution >= 4 is 9.24 Å². The molecule has 7 nitrogen and oxygen atoms in total. The number of aromatic nitrogens is 5. The van der Waals surface area contributed by atoms with E-state index in [1.54, 1.807) is 0 Å². The summed E-state index contributed by atoms with van der Waals surface area (Å²) in [6.45, 7) is 1.85. The highest BCUT2D eigenvalue weighted by Crippen LogP contribution is 2.19. The second-order valence-electron chi connectivity index (χ2n) is 5.68. The molecule has 3 N–H and O–H groups in total. The number of hydrogen-bond donors (Lipinski definition) is 2. The third kappa shape index (κ3) is 3.81. The zero-order valence-corrected chi connectivity index (χ0v) is 14.0. The molecule has 2 heterocycles. The molecule has 0 fully saturated rings. The van der Waals surface area contributed by atoms with Gasteiger partial charge in [-0.15, -0.1) is 29.6 Å². The summed E-state index contributed by atoms with van der Waals surface area (Å²) in [6, 6.07) is 10.1. The van der Waals surface area contributed by atoms with Crippen LogP contribution in [-0.2, 0) is 18.4 Å². The summed E-state index contributed by atoms with van der Waals surface area (Å²) in [5.41, 5.74) is 6.61. The van der Waals surface area contributed by atoms with Crippen molar-refractivity contribution in [2.24, 2.45) is 5.73 Å². The molecule has 3 aromatic rings. The number of H-pyrrole nitrogens is 1. The van der Waals surface area contributed by atoms with Crippen LogP contribution >= 0.6 is 9.24 Å². The fourth-order valence-corrected chi connectivity index (χ4v) is 2.25. The van der Waals surface area contributed by atoms with E-state index in [-0.39, 0.29) is 0 Å². The number of nitrogens with one attached hydrogen (secondary N) is 1. The lowest BCUT2D eigenvalue weighted by Gasteiger charge is -2.16. The molecular weight excluding hydrogens is 311 g/mol. The number of benzene rings is 1. The van der Waals surface area contributed by atoms with Gasteiger partial charge in [0.2, 0.25) is 11.8 Å². The van der Waals surface area contributed by atoms with Crippen LogP contribution in [0.1, 0.15) is 35.9 Å². The van der Waals surface area contributed by atoms with E-state index in [9.17, 15) is 0 Å². The molecule has 0 amide bonds. The predicted octanol–water partition coefficient (Wildman–Crippen LogP) is 1.42. The van der Waals surface area contributed by atoms with Crippen molar-refractivity contribution in [2.75, 3.05) is 6.16 Å². The average molecular weight is 330 g/mol. The van der Waals surface area contributed by atoms with Gasteiger partial charge in [-0.05, 0) is 18.6 Å². The van der Waals surface area contributed by atoms with Gasteiger partial charge in [-0.1, -0.05) is 30.3 Å². The van der Waals surface area contributed by atoms with Gasteiger partial charge in [0.25, 0.3) is 0 Å². The molecule has 120 valence electrons. The normalized spacial score (nSPS) is 13.9. The Morgan fingerprint density at radius 3 is 2.48 bits per heavy atom. The van der Waals surface area contributed by atoms with E-state index in [0.29, 0.717) is 36.6 Å². The maximum atomic E-state index is 6.08. The first kappa shape index (κ1) is 15.8. The molecule has 3 rings (SSSR count). The zero-order chi connectivity index (χ0) is 16.3. The summed E-state index contributed by atoms with van der Waals surface area (Å²) < 4.78 is 5.62. The molecule has 0 saturated carbocycles. The molecule has 1 unspecified atom stereocenters. The van der Waals surface area contributed by atoms with E-state index < -0.39 is 5.54 Å². The van der Waals surface area contributed by atoms with Gasteiger partial charge in [-0.3, -0.25) is 0 Å². The lowest BCUT2D eigenvalue weighted by molar-refractivity contribution is 0.366. The predicted molar refractivity (Wildman–Crippen MR) is 88.9 cm³/mol. The minimum absolute atomic E-state index is 0.404. The lowest BCUT2D eigenvalue weighted by Crippen LogP contribution is -2.35. The first-order chi connectivity index (χ1) is 11.1. The van der Waals surface area contributed by atoms with Crippen molar-refractivity contribution < 1.29 is 4.42 Å². The van der Waals surface area contributed by atoms with E-state index in [4.69, 9.17) is 10.2 Å². The van der Waals surface area contributed by atoms with Crippen LogP contribution in [0.25, 0.3) is 0 Å². The number of rotatable bonds is 6. The number of aromatic amines is 1. The van der Waals surface area contributed by atoms with Gasteiger partial charge in [0, 0.05) is 6.42 Å². The molecule has 0 spiro atoms. The molecule has 0 aliphatic heterocycles. The second kappa shape index (κ2) is 6.56. The highest BCUT2D eigenvalue weighted by atomic mass is 31.0. The van der Waals surface area contributed by atoms with Crippen molar-refractivity contribution in [2.45, 2.75) is 25.3 Å². The van der Waals surface area contributed by atoms with Crippen molar-refractivity contribution in [3.05, 3.63) is 59.3 Å². The third-order valence-corrected chi connectivity index (χ3v) is 4.34. The molecule has 2 aromatic heterocycles. The fraction of sp³-hybridized carbons (Fsp3) is 0.333. The summed E-state index contributed by atoms with van der Waals surface area (Å²) in [5.74, 6) is 2.39. The Labute approximate surface area is 136 Å². The molecule has 0 aliphatic rings. The summed E-state index contributed by atoms with van der Waals surface area (Å²) in [4.78, 5) is 3.19. The number of hydrogen-bond acceptors (Lipinski definition) is 6. The van der Waals surface area contributed by atoms with Crippen LogP contribution in [-0.4, -0.2) is 31.5 Å². The first-order valence-electron chi connectivity index (χ1n) is 7.33. The standard InChI is InChI=1S/C15H19N6OP/c1-15(16,9-23)14-21-20-13(22-14)8-12-17-11(18-19-12)7-10-5-3-2-4-6-10/h2-6H,7-9,16,23H2,1H3,(H,17,18,19)/t15-/m1/s1. The van der Waals surface area contributed by atoms with E-state index in [1.807, 2.05) is 25.1 Å². The maximum Gasteiger partial charge on any atom is 0.236 e. The highest BCUT2D eigenvalue weighted by molar-refractivity contribution is 7.16. The van der Waals surface area contributed by atoms with Crippen molar-refractivity contribution in [1.82, 2.24) is 25.4 Å². The van der Waals surface area contributed by atoms with Gasteiger partial charge in [-0.2, -0.15) is 0 Å². The van der Waals surface area contributed by atoms with Crippen LogP contribution in [0.2, 0.25) is 0 Å². The van der Waals surface area contributed by atoms with E-state index in [1.165, 1.54) is 5.56 Å². The SMILES string of the molecule is C[C@@](N)(CP)c1nnc(Cc2nnc(Cc3ccccc3)[nH]2)o1. The molecule has 0 aliphatic carbocycles. The number of nitrogens with zero attached hydrogens (tertiary/aromatic N) is 4. The smallest absolute Gasteiger partial charge is 0.236 e. The molecule has 0 saturated heterocycles. The summed E-state index contributed by atoms with van der Waals surface area (Å²) in [5, 5.41) is 16.3. The van der Waals surface area contributed by atoms with E-state index in [2.05, 4.69) is 46.8 Å². The van der Waals surface area contributed by atoms with Gasteiger partial charge in [0.1, 0.15) is 11.6 Å². The summed E-state index contributed by atoms with van der Waals surface area (Å²) in [6.07, 6.45) is 1.75. The Morgan fingerprint density at radius 1 is 1.09 bits per heavy atom. The van der Waals surface area contributed by atoms with E-state index >= 15 is 0 Å². The van der Waals surface area contributed by atoms with Crippen LogP contribution in [0.4, 0.5) is 0 Å². The fourth-order valence-electron chi connectivity index (χ4n) is 2.07. The Balaban J connectivity index is 1.68. The number of nitrogens with two attached hydrogens (primary N) is 1. The minimum Gasteiger partial charge on any atom is -0.423 e. The Bertz CT molecular complexity index is 767. The van der Waals surface area contributed by atoms with Crippen LogP contribution < -0.4 is 5.73 Å². The van der Waals surface area contributed by atoms with Crippen LogP contribution in [0.15, 0.2) is 34.7 Å². The van der Waals surface area contributed by atoms with Crippen molar-refractivity contribution in [1.29, 1.82) is 0 Å². The molecule has 0 radical (unpaired) electrons. The topological polar surface area (TPSA) is 107 Å². The third-order valence-electron chi connectivity index (χ3n) is 3.49. The van der Waals surface area contributed by atoms with E-state index in [0.717, 1.165) is 5.82 Å². The summed E-state index contributed by atoms with van der Waals surface area (Å²) in [7, 11) is 2.58. The molecule has 0 bridgehead atoms. The summed E-state index contributed by atoms with van der Waals surface area (Å²) >= 11 is 0. The first-order valence-corrected chi connectivity index (χ1v) is 8.14. The van der Waals surface area contributed by atoms with Gasteiger partial charge < -0.3 is 15.1 Å². The monoisotopic (exact) mass is 330 g/mol. The van der Waals surface area contributed by atoms with Gasteiger partial charge in [0.05, 0.1) is 12.0 Å². The average Bonchev–Trinajstić information content (AvgIpc) is 3.19. The highest BCUT2D eigenvalue weighted by Gasteiger charge is 2.26. The quantitative estimate of drug-likeness (QED) is 0.662. The second-order valence-corrected chi connectivity index (χ2v) is 6.09. The Kier molecular flexibility index (Phi) is 4.50. The zero-order valence-electron chi connectivity index (χ0n) is 12.9. The van der Waals surface area contributed by atoms with Gasteiger partial charge >= 0.3 is 0 Å². The minimum atomic E-state index is -0.643. The Hall–Kier alpha value is -2.11. The molecule has 23 heavy (non-hydrogen) atoms. The van der Waals surface area contributed by atoms with Crippen LogP contribution in [0.3, 0.4) is 0 Å². The lowest BCUT2D eigenvalue weighted by atomic mass is 10.1. The molecular formula is C15H19N6OP. The van der Waals surface area contributed by atoms with Gasteiger partial charge in [0.15, 0.2) is 0 Å². The van der Waals surface area contributed by atoms with Gasteiger partial charge in [-0.25, -0.2) is 0 Å². The molecule has 2 atom stereocenters. The molecule has 1 aromatic carbocycles. The van der Waals surface area contributed by atoms with Crippen LogP contribution in [0, 0.1) is 0 Å². The van der Waals surface area contributed by atoms with Crippen molar-refractivity contribution in [3.8, 4) is 0 Å². The largest absolute Gasteiger partial charge is 0.423 e. The van der Waals surface area contributed by atoms with Crippen molar-refractivity contribution in [3.63, 3.8) is 0 Å². The van der Waals surface area contributed by atoms with Crippen LogP contribution in [0.5, 0.6) is 0 Å². The Morgan fingerprint density at radius 2 is 1.78 bits per heavy atom. The molecule has 8 heteroatoms. The maximum absolute atomic E-state index is 6.08.